The highest BCUT2D eigenvalue weighted by Crippen LogP contribution is 2.26. The summed E-state index contributed by atoms with van der Waals surface area (Å²) in [7, 11) is 0. The van der Waals surface area contributed by atoms with Crippen molar-refractivity contribution in [3.05, 3.63) is 101 Å². The Morgan fingerprint density at radius 2 is 1.53 bits per heavy atom. The van der Waals surface area contributed by atoms with Gasteiger partial charge in [-0.1, -0.05) is 48.5 Å². The Labute approximate surface area is 200 Å². The molecule has 0 bridgehead atoms. The Hall–Kier alpha value is -3.93. The van der Waals surface area contributed by atoms with Gasteiger partial charge < -0.3 is 16.4 Å². The van der Waals surface area contributed by atoms with E-state index < -0.39 is 11.8 Å². The number of nitrogens with two attached hydrogens (primary N) is 1. The van der Waals surface area contributed by atoms with Crippen molar-refractivity contribution in [2.45, 2.75) is 44.6 Å². The highest BCUT2D eigenvalue weighted by Gasteiger charge is 2.30. The third-order valence-electron chi connectivity index (χ3n) is 6.35. The highest BCUT2D eigenvalue weighted by atomic mass is 16.2. The molecule has 0 spiro atoms. The Morgan fingerprint density at radius 1 is 0.853 bits per heavy atom. The van der Waals surface area contributed by atoms with Crippen molar-refractivity contribution >= 4 is 23.3 Å². The van der Waals surface area contributed by atoms with E-state index in [2.05, 4.69) is 28.8 Å². The fraction of sp³-hybridized carbons (Fsp3) is 0.250. The van der Waals surface area contributed by atoms with E-state index in [0.29, 0.717) is 16.8 Å². The van der Waals surface area contributed by atoms with E-state index >= 15 is 0 Å². The smallest absolute Gasteiger partial charge is 0.241 e. The van der Waals surface area contributed by atoms with Crippen LogP contribution in [0.5, 0.6) is 0 Å². The second-order valence-corrected chi connectivity index (χ2v) is 8.79. The van der Waals surface area contributed by atoms with Crippen LogP contribution in [-0.2, 0) is 22.4 Å². The lowest BCUT2D eigenvalue weighted by atomic mass is 9.89. The lowest BCUT2D eigenvalue weighted by molar-refractivity contribution is -0.129. The van der Waals surface area contributed by atoms with Crippen LogP contribution in [0, 0.1) is 5.41 Å². The summed E-state index contributed by atoms with van der Waals surface area (Å²) in [6.45, 7) is 1.95. The minimum Gasteiger partial charge on any atom is -0.384 e. The largest absolute Gasteiger partial charge is 0.384 e. The molecule has 1 aliphatic carbocycles. The number of benzene rings is 3. The molecular formula is C28H30N4O2. The van der Waals surface area contributed by atoms with Gasteiger partial charge in [-0.15, -0.1) is 0 Å². The summed E-state index contributed by atoms with van der Waals surface area (Å²) in [5.41, 5.74) is 11.0. The standard InChI is InChI=1S/C28H30N4O2/c1-18(22-12-11-19-7-5-6-10-23(19)17-22)31-27(33)25(20-8-3-2-4-9-20)28(34)32-24-15-13-21(14-16-24)26(29)30/h2-4,8-9,11-18,25H,5-7,10H2,1H3,(H3,29,30)(H,31,33)(H,32,34). The second kappa shape index (κ2) is 10.3. The first-order valence-electron chi connectivity index (χ1n) is 11.6. The van der Waals surface area contributed by atoms with E-state index in [0.717, 1.165) is 18.4 Å². The molecule has 0 saturated carbocycles. The van der Waals surface area contributed by atoms with Crippen LogP contribution in [0.2, 0.25) is 0 Å². The van der Waals surface area contributed by atoms with Crippen LogP contribution in [0.1, 0.15) is 59.5 Å². The highest BCUT2D eigenvalue weighted by molar-refractivity contribution is 6.11. The number of hydrogen-bond donors (Lipinski definition) is 4. The van der Waals surface area contributed by atoms with Crippen LogP contribution in [0.3, 0.4) is 0 Å². The van der Waals surface area contributed by atoms with Gasteiger partial charge in [-0.05, 0) is 79.1 Å². The zero-order valence-electron chi connectivity index (χ0n) is 19.3. The summed E-state index contributed by atoms with van der Waals surface area (Å²) in [6.07, 6.45) is 4.60. The monoisotopic (exact) mass is 454 g/mol. The third kappa shape index (κ3) is 5.34. The molecule has 1 aliphatic rings. The summed E-state index contributed by atoms with van der Waals surface area (Å²) >= 11 is 0. The number of rotatable bonds is 7. The van der Waals surface area contributed by atoms with Crippen molar-refractivity contribution < 1.29 is 9.59 Å². The molecule has 34 heavy (non-hydrogen) atoms. The minimum atomic E-state index is -1.01. The predicted octanol–water partition coefficient (Wildman–Crippen LogP) is 4.45. The van der Waals surface area contributed by atoms with Gasteiger partial charge in [-0.3, -0.25) is 15.0 Å². The Morgan fingerprint density at radius 3 is 2.21 bits per heavy atom. The molecule has 0 heterocycles. The van der Waals surface area contributed by atoms with E-state index in [1.165, 1.54) is 24.0 Å². The zero-order valence-corrected chi connectivity index (χ0v) is 19.3. The van der Waals surface area contributed by atoms with E-state index in [9.17, 15) is 9.59 Å². The van der Waals surface area contributed by atoms with Gasteiger partial charge in [0.05, 0.1) is 6.04 Å². The third-order valence-corrected chi connectivity index (χ3v) is 6.35. The van der Waals surface area contributed by atoms with E-state index in [1.807, 2.05) is 25.1 Å². The first-order valence-corrected chi connectivity index (χ1v) is 11.6. The molecule has 5 N–H and O–H groups in total. The summed E-state index contributed by atoms with van der Waals surface area (Å²) < 4.78 is 0. The van der Waals surface area contributed by atoms with Crippen LogP contribution in [0.25, 0.3) is 0 Å². The number of nitrogens with one attached hydrogen (secondary N) is 3. The van der Waals surface area contributed by atoms with Crippen LogP contribution < -0.4 is 16.4 Å². The van der Waals surface area contributed by atoms with Crippen molar-refractivity contribution in [2.24, 2.45) is 5.73 Å². The van der Waals surface area contributed by atoms with Gasteiger partial charge in [0, 0.05) is 11.3 Å². The minimum absolute atomic E-state index is 0.0458. The maximum Gasteiger partial charge on any atom is 0.241 e. The number of carbonyl (C=O) groups is 2. The molecule has 2 unspecified atom stereocenters. The first-order chi connectivity index (χ1) is 16.4. The van der Waals surface area contributed by atoms with Crippen molar-refractivity contribution in [1.29, 1.82) is 5.41 Å². The Balaban J connectivity index is 1.52. The lowest BCUT2D eigenvalue weighted by Crippen LogP contribution is -2.38. The second-order valence-electron chi connectivity index (χ2n) is 8.79. The van der Waals surface area contributed by atoms with Crippen LogP contribution in [0.15, 0.2) is 72.8 Å². The van der Waals surface area contributed by atoms with E-state index in [4.69, 9.17) is 11.1 Å². The van der Waals surface area contributed by atoms with Crippen molar-refractivity contribution in [3.8, 4) is 0 Å². The summed E-state index contributed by atoms with van der Waals surface area (Å²) in [5, 5.41) is 13.4. The van der Waals surface area contributed by atoms with E-state index in [-0.39, 0.29) is 17.8 Å². The maximum atomic E-state index is 13.4. The molecule has 2 atom stereocenters. The molecule has 0 aliphatic heterocycles. The fourth-order valence-corrected chi connectivity index (χ4v) is 4.42. The number of anilines is 1. The van der Waals surface area contributed by atoms with Crippen molar-refractivity contribution in [2.75, 3.05) is 5.32 Å². The fourth-order valence-electron chi connectivity index (χ4n) is 4.42. The van der Waals surface area contributed by atoms with Crippen molar-refractivity contribution in [3.63, 3.8) is 0 Å². The summed E-state index contributed by atoms with van der Waals surface area (Å²) in [5.74, 6) is -1.82. The molecule has 174 valence electrons. The normalized spacial score (nSPS) is 14.4. The number of nitrogen functional groups attached to an aromatic ring is 1. The maximum absolute atomic E-state index is 13.4. The molecule has 3 aromatic carbocycles. The summed E-state index contributed by atoms with van der Waals surface area (Å²) in [4.78, 5) is 26.6. The average molecular weight is 455 g/mol. The molecule has 0 fully saturated rings. The molecule has 3 aromatic rings. The molecule has 0 aromatic heterocycles. The number of fused-ring (bicyclic) bond motifs is 1. The quantitative estimate of drug-likeness (QED) is 0.241. The lowest BCUT2D eigenvalue weighted by Gasteiger charge is -2.22. The van der Waals surface area contributed by atoms with Crippen LogP contribution in [0.4, 0.5) is 5.69 Å². The van der Waals surface area contributed by atoms with Crippen molar-refractivity contribution in [1.82, 2.24) is 5.32 Å². The molecule has 6 heteroatoms. The Bertz CT molecular complexity index is 1190. The van der Waals surface area contributed by atoms with Gasteiger partial charge in [0.25, 0.3) is 0 Å². The molecular weight excluding hydrogens is 424 g/mol. The van der Waals surface area contributed by atoms with Gasteiger partial charge in [0.1, 0.15) is 11.8 Å². The molecule has 4 rings (SSSR count). The zero-order chi connectivity index (χ0) is 24.1. The number of carbonyl (C=O) groups excluding carboxylic acids is 2. The Kier molecular flexibility index (Phi) is 7.07. The van der Waals surface area contributed by atoms with Gasteiger partial charge in [0.2, 0.25) is 11.8 Å². The summed E-state index contributed by atoms with van der Waals surface area (Å²) in [6, 6.07) is 21.9. The molecule has 0 saturated heterocycles. The average Bonchev–Trinajstić information content (AvgIpc) is 2.84. The SMILES string of the molecule is CC(NC(=O)C(C(=O)Nc1ccc(C(=N)N)cc1)c1ccccc1)c1ccc2c(c1)CCCC2. The van der Waals surface area contributed by atoms with Crippen LogP contribution in [-0.4, -0.2) is 17.6 Å². The molecule has 6 nitrogen and oxygen atoms in total. The topological polar surface area (TPSA) is 108 Å². The van der Waals surface area contributed by atoms with Crippen LogP contribution >= 0.6 is 0 Å². The van der Waals surface area contributed by atoms with Gasteiger partial charge in [-0.25, -0.2) is 0 Å². The number of aryl methyl sites for hydroxylation is 2. The van der Waals surface area contributed by atoms with E-state index in [1.54, 1.807) is 36.4 Å². The number of amides is 2. The predicted molar refractivity (Wildman–Crippen MR) is 135 cm³/mol. The van der Waals surface area contributed by atoms with Gasteiger partial charge >= 0.3 is 0 Å². The number of amidine groups is 1. The van der Waals surface area contributed by atoms with Gasteiger partial charge in [0.15, 0.2) is 0 Å². The number of hydrogen-bond acceptors (Lipinski definition) is 3. The first kappa shape index (κ1) is 23.2. The van der Waals surface area contributed by atoms with Gasteiger partial charge in [-0.2, -0.15) is 0 Å². The molecule has 0 radical (unpaired) electrons. The molecule has 2 amide bonds.